The standard InChI is InChI=1S/C18H19N3O2/c1-2-14-10-16(8-7-15(14)11-19)23-18-9-6-13(12-21-18)4-3-5-17(20)22/h6-10,12H,2-5H2,1H3,(H2,20,22). The fraction of sp³-hybridized carbons (Fsp3) is 0.278. The molecule has 0 radical (unpaired) electrons. The summed E-state index contributed by atoms with van der Waals surface area (Å²) < 4.78 is 5.72. The molecule has 0 bridgehead atoms. The number of benzene rings is 1. The molecule has 1 aromatic heterocycles. The Morgan fingerprint density at radius 1 is 1.35 bits per heavy atom. The van der Waals surface area contributed by atoms with Crippen LogP contribution in [-0.4, -0.2) is 10.9 Å². The van der Waals surface area contributed by atoms with Crippen LogP contribution in [0.2, 0.25) is 0 Å². The van der Waals surface area contributed by atoms with Crippen molar-refractivity contribution in [2.75, 3.05) is 0 Å². The SMILES string of the molecule is CCc1cc(Oc2ccc(CCCC(N)=O)cn2)ccc1C#N. The number of ether oxygens (including phenoxy) is 1. The summed E-state index contributed by atoms with van der Waals surface area (Å²) in [6, 6.07) is 11.3. The number of pyridine rings is 1. The van der Waals surface area contributed by atoms with E-state index >= 15 is 0 Å². The predicted octanol–water partition coefficient (Wildman–Crippen LogP) is 3.12. The highest BCUT2D eigenvalue weighted by Gasteiger charge is 2.05. The van der Waals surface area contributed by atoms with Crippen LogP contribution in [-0.2, 0) is 17.6 Å². The van der Waals surface area contributed by atoms with Crippen LogP contribution in [0.5, 0.6) is 11.6 Å². The van der Waals surface area contributed by atoms with Gasteiger partial charge in [-0.15, -0.1) is 0 Å². The molecular weight excluding hydrogens is 290 g/mol. The Bertz CT molecular complexity index is 718. The van der Waals surface area contributed by atoms with Gasteiger partial charge in [0, 0.05) is 18.7 Å². The van der Waals surface area contributed by atoms with E-state index < -0.39 is 0 Å². The van der Waals surface area contributed by atoms with Gasteiger partial charge in [-0.25, -0.2) is 4.98 Å². The minimum absolute atomic E-state index is 0.287. The Kier molecular flexibility index (Phi) is 5.70. The molecule has 0 aliphatic heterocycles. The topological polar surface area (TPSA) is 89.0 Å². The lowest BCUT2D eigenvalue weighted by molar-refractivity contribution is -0.118. The van der Waals surface area contributed by atoms with Gasteiger partial charge in [-0.05, 0) is 48.6 Å². The van der Waals surface area contributed by atoms with Crippen LogP contribution in [0.15, 0.2) is 36.5 Å². The molecule has 2 aromatic rings. The van der Waals surface area contributed by atoms with Gasteiger partial charge in [-0.1, -0.05) is 13.0 Å². The summed E-state index contributed by atoms with van der Waals surface area (Å²) >= 11 is 0. The summed E-state index contributed by atoms with van der Waals surface area (Å²) in [5.41, 5.74) is 7.77. The Morgan fingerprint density at radius 3 is 2.78 bits per heavy atom. The average Bonchev–Trinajstić information content (AvgIpc) is 2.56. The number of primary amides is 1. The minimum Gasteiger partial charge on any atom is -0.439 e. The van der Waals surface area contributed by atoms with Crippen LogP contribution in [0.25, 0.3) is 0 Å². The molecule has 1 heterocycles. The maximum absolute atomic E-state index is 10.7. The van der Waals surface area contributed by atoms with Crippen molar-refractivity contribution >= 4 is 5.91 Å². The van der Waals surface area contributed by atoms with E-state index in [0.29, 0.717) is 30.0 Å². The number of hydrogen-bond acceptors (Lipinski definition) is 4. The van der Waals surface area contributed by atoms with Crippen molar-refractivity contribution in [3.05, 3.63) is 53.2 Å². The van der Waals surface area contributed by atoms with Gasteiger partial charge in [0.2, 0.25) is 11.8 Å². The Morgan fingerprint density at radius 2 is 2.17 bits per heavy atom. The molecule has 0 unspecified atom stereocenters. The van der Waals surface area contributed by atoms with Crippen molar-refractivity contribution in [3.63, 3.8) is 0 Å². The number of aromatic nitrogens is 1. The Balaban J connectivity index is 2.01. The number of nitriles is 1. The fourth-order valence-electron chi connectivity index (χ4n) is 2.24. The van der Waals surface area contributed by atoms with Gasteiger partial charge in [-0.2, -0.15) is 5.26 Å². The molecule has 1 aromatic carbocycles. The number of nitrogens with two attached hydrogens (primary N) is 1. The van der Waals surface area contributed by atoms with Crippen molar-refractivity contribution < 1.29 is 9.53 Å². The smallest absolute Gasteiger partial charge is 0.219 e. The summed E-state index contributed by atoms with van der Waals surface area (Å²) in [6.45, 7) is 2.00. The molecule has 5 nitrogen and oxygen atoms in total. The van der Waals surface area contributed by atoms with E-state index in [0.717, 1.165) is 24.0 Å². The van der Waals surface area contributed by atoms with E-state index in [1.165, 1.54) is 0 Å². The predicted molar refractivity (Wildman–Crippen MR) is 87.0 cm³/mol. The number of amides is 1. The molecule has 0 atom stereocenters. The van der Waals surface area contributed by atoms with Gasteiger partial charge >= 0.3 is 0 Å². The lowest BCUT2D eigenvalue weighted by Gasteiger charge is -2.08. The monoisotopic (exact) mass is 309 g/mol. The largest absolute Gasteiger partial charge is 0.439 e. The number of aryl methyl sites for hydroxylation is 2. The van der Waals surface area contributed by atoms with Crippen LogP contribution in [0.3, 0.4) is 0 Å². The molecular formula is C18H19N3O2. The molecule has 0 aliphatic carbocycles. The van der Waals surface area contributed by atoms with E-state index in [4.69, 9.17) is 15.7 Å². The second-order valence-electron chi connectivity index (χ2n) is 5.21. The van der Waals surface area contributed by atoms with E-state index in [1.54, 1.807) is 24.4 Å². The molecule has 2 rings (SSSR count). The van der Waals surface area contributed by atoms with E-state index in [1.807, 2.05) is 19.1 Å². The van der Waals surface area contributed by atoms with E-state index in [9.17, 15) is 4.79 Å². The highest BCUT2D eigenvalue weighted by Crippen LogP contribution is 2.23. The normalized spacial score (nSPS) is 10.1. The zero-order valence-electron chi connectivity index (χ0n) is 13.1. The first-order valence-corrected chi connectivity index (χ1v) is 7.56. The Labute approximate surface area is 135 Å². The highest BCUT2D eigenvalue weighted by atomic mass is 16.5. The lowest BCUT2D eigenvalue weighted by Crippen LogP contribution is -2.10. The van der Waals surface area contributed by atoms with Gasteiger partial charge in [0.1, 0.15) is 5.75 Å². The maximum Gasteiger partial charge on any atom is 0.219 e. The van der Waals surface area contributed by atoms with Crippen LogP contribution < -0.4 is 10.5 Å². The molecule has 0 aliphatic rings. The molecule has 23 heavy (non-hydrogen) atoms. The van der Waals surface area contributed by atoms with E-state index in [-0.39, 0.29) is 5.91 Å². The molecule has 5 heteroatoms. The van der Waals surface area contributed by atoms with Crippen LogP contribution in [0.4, 0.5) is 0 Å². The van der Waals surface area contributed by atoms with Crippen LogP contribution in [0.1, 0.15) is 36.5 Å². The molecule has 0 saturated heterocycles. The van der Waals surface area contributed by atoms with Gasteiger partial charge < -0.3 is 10.5 Å². The quantitative estimate of drug-likeness (QED) is 0.851. The first-order chi connectivity index (χ1) is 11.1. The number of nitrogens with zero attached hydrogens (tertiary/aromatic N) is 2. The van der Waals surface area contributed by atoms with Crippen molar-refractivity contribution in [2.24, 2.45) is 5.73 Å². The third kappa shape index (κ3) is 4.82. The minimum atomic E-state index is -0.287. The molecule has 0 fully saturated rings. The summed E-state index contributed by atoms with van der Waals surface area (Å²) in [7, 11) is 0. The third-order valence-corrected chi connectivity index (χ3v) is 3.49. The molecule has 118 valence electrons. The van der Waals surface area contributed by atoms with Gasteiger partial charge in [0.05, 0.1) is 11.6 Å². The molecule has 2 N–H and O–H groups in total. The first kappa shape index (κ1) is 16.5. The second-order valence-corrected chi connectivity index (χ2v) is 5.21. The van der Waals surface area contributed by atoms with Crippen LogP contribution >= 0.6 is 0 Å². The molecule has 1 amide bonds. The maximum atomic E-state index is 10.7. The number of hydrogen-bond donors (Lipinski definition) is 1. The van der Waals surface area contributed by atoms with Crippen molar-refractivity contribution in [2.45, 2.75) is 32.6 Å². The number of carbonyl (C=O) groups is 1. The third-order valence-electron chi connectivity index (χ3n) is 3.49. The van der Waals surface area contributed by atoms with Crippen molar-refractivity contribution in [1.82, 2.24) is 4.98 Å². The van der Waals surface area contributed by atoms with Crippen molar-refractivity contribution in [1.29, 1.82) is 5.26 Å². The zero-order valence-corrected chi connectivity index (χ0v) is 13.1. The number of rotatable bonds is 7. The van der Waals surface area contributed by atoms with Crippen molar-refractivity contribution in [3.8, 4) is 17.7 Å². The van der Waals surface area contributed by atoms with E-state index in [2.05, 4.69) is 11.1 Å². The fourth-order valence-corrected chi connectivity index (χ4v) is 2.24. The van der Waals surface area contributed by atoms with Gasteiger partial charge in [0.25, 0.3) is 0 Å². The summed E-state index contributed by atoms with van der Waals surface area (Å²) in [5, 5.41) is 9.03. The summed E-state index contributed by atoms with van der Waals surface area (Å²) in [5.74, 6) is 0.871. The molecule has 0 spiro atoms. The highest BCUT2D eigenvalue weighted by molar-refractivity contribution is 5.73. The van der Waals surface area contributed by atoms with Crippen LogP contribution in [0, 0.1) is 11.3 Å². The average molecular weight is 309 g/mol. The number of carbonyl (C=O) groups excluding carboxylic acids is 1. The summed E-state index contributed by atoms with van der Waals surface area (Å²) in [4.78, 5) is 15.0. The zero-order chi connectivity index (χ0) is 16.7. The van der Waals surface area contributed by atoms with Gasteiger partial charge in [-0.3, -0.25) is 4.79 Å². The first-order valence-electron chi connectivity index (χ1n) is 7.56. The van der Waals surface area contributed by atoms with Gasteiger partial charge in [0.15, 0.2) is 0 Å². The summed E-state index contributed by atoms with van der Waals surface area (Å²) in [6.07, 6.45) is 4.36. The molecule has 0 saturated carbocycles. The Hall–Kier alpha value is -2.87. The second kappa shape index (κ2) is 7.95. The lowest BCUT2D eigenvalue weighted by atomic mass is 10.1.